The summed E-state index contributed by atoms with van der Waals surface area (Å²) in [7, 11) is 0. The molecule has 5 heteroatoms. The summed E-state index contributed by atoms with van der Waals surface area (Å²) in [5.74, 6) is -0.816. The van der Waals surface area contributed by atoms with E-state index in [0.717, 1.165) is 10.5 Å². The number of hydrogen-bond acceptors (Lipinski definition) is 4. The van der Waals surface area contributed by atoms with Gasteiger partial charge in [0.2, 0.25) is 0 Å². The molecule has 0 aromatic heterocycles. The highest BCUT2D eigenvalue weighted by molar-refractivity contribution is 7.99. The van der Waals surface area contributed by atoms with E-state index in [1.807, 2.05) is 49.4 Å². The highest BCUT2D eigenvalue weighted by atomic mass is 32.2. The maximum atomic E-state index is 13.5. The van der Waals surface area contributed by atoms with Crippen molar-refractivity contribution >= 4 is 34.9 Å². The topological polar surface area (TPSA) is 63.2 Å². The van der Waals surface area contributed by atoms with Crippen LogP contribution in [0.15, 0.2) is 101 Å². The molecule has 0 bridgehead atoms. The number of nitrogens with one attached hydrogen (secondary N) is 1. The fourth-order valence-electron chi connectivity index (χ4n) is 3.98. The Morgan fingerprint density at radius 3 is 2.09 bits per heavy atom. The van der Waals surface area contributed by atoms with Gasteiger partial charge in [-0.3, -0.25) is 14.4 Å². The first kappa shape index (κ1) is 20.9. The van der Waals surface area contributed by atoms with Gasteiger partial charge in [0.25, 0.3) is 5.91 Å². The molecule has 0 saturated carbocycles. The standard InChI is InChI=1S/C28H19NO3S/c1-17-8-7-9-18(16-17)28(32)29-22-14-15-23(33-19-10-3-2-4-11-19)25-24(22)26(30)20-12-5-6-13-21(20)27(25)31/h2-16H,1H3,(H,29,32). The summed E-state index contributed by atoms with van der Waals surface area (Å²) in [5.41, 5.74) is 3.08. The first-order chi connectivity index (χ1) is 16.0. The number of fused-ring (bicyclic) bond motifs is 2. The second kappa shape index (κ2) is 8.52. The molecule has 1 aliphatic carbocycles. The van der Waals surface area contributed by atoms with E-state index in [0.29, 0.717) is 32.8 Å². The first-order valence-corrected chi connectivity index (χ1v) is 11.3. The number of aryl methyl sites for hydroxylation is 1. The zero-order chi connectivity index (χ0) is 22.9. The summed E-state index contributed by atoms with van der Waals surface area (Å²) in [6, 6.07) is 27.2. The fourth-order valence-corrected chi connectivity index (χ4v) is 4.96. The van der Waals surface area contributed by atoms with Crippen LogP contribution in [0.3, 0.4) is 0 Å². The van der Waals surface area contributed by atoms with Gasteiger partial charge in [-0.1, -0.05) is 71.9 Å². The third kappa shape index (κ3) is 3.88. The Balaban J connectivity index is 1.63. The van der Waals surface area contributed by atoms with Crippen molar-refractivity contribution in [1.29, 1.82) is 0 Å². The SMILES string of the molecule is Cc1cccc(C(=O)Nc2ccc(Sc3ccccc3)c3c2C(=O)c2ccccc2C3=O)c1. The van der Waals surface area contributed by atoms with Gasteiger partial charge in [-0.2, -0.15) is 0 Å². The van der Waals surface area contributed by atoms with E-state index in [9.17, 15) is 14.4 Å². The van der Waals surface area contributed by atoms with Gasteiger partial charge >= 0.3 is 0 Å². The molecule has 4 aromatic rings. The van der Waals surface area contributed by atoms with Crippen molar-refractivity contribution < 1.29 is 14.4 Å². The minimum Gasteiger partial charge on any atom is -0.321 e. The third-order valence-electron chi connectivity index (χ3n) is 5.54. The van der Waals surface area contributed by atoms with Gasteiger partial charge in [0.15, 0.2) is 11.6 Å². The largest absolute Gasteiger partial charge is 0.321 e. The second-order valence-corrected chi connectivity index (χ2v) is 8.92. The van der Waals surface area contributed by atoms with E-state index in [1.165, 1.54) is 11.8 Å². The molecule has 160 valence electrons. The van der Waals surface area contributed by atoms with Crippen LogP contribution in [-0.2, 0) is 0 Å². The van der Waals surface area contributed by atoms with E-state index in [-0.39, 0.29) is 23.0 Å². The van der Waals surface area contributed by atoms with Gasteiger partial charge in [0, 0.05) is 32.0 Å². The summed E-state index contributed by atoms with van der Waals surface area (Å²) in [6.45, 7) is 1.91. The van der Waals surface area contributed by atoms with Gasteiger partial charge in [-0.05, 0) is 43.3 Å². The van der Waals surface area contributed by atoms with Gasteiger partial charge in [0.05, 0.1) is 11.3 Å². The molecule has 0 radical (unpaired) electrons. The molecule has 0 unspecified atom stereocenters. The van der Waals surface area contributed by atoms with E-state index >= 15 is 0 Å². The van der Waals surface area contributed by atoms with Crippen LogP contribution in [0.5, 0.6) is 0 Å². The molecule has 0 fully saturated rings. The zero-order valence-corrected chi connectivity index (χ0v) is 18.6. The molecule has 4 nitrogen and oxygen atoms in total. The zero-order valence-electron chi connectivity index (χ0n) is 17.8. The van der Waals surface area contributed by atoms with Crippen LogP contribution < -0.4 is 5.32 Å². The Morgan fingerprint density at radius 1 is 0.727 bits per heavy atom. The van der Waals surface area contributed by atoms with Gasteiger partial charge in [-0.25, -0.2) is 0 Å². The lowest BCUT2D eigenvalue weighted by Crippen LogP contribution is -2.24. The summed E-state index contributed by atoms with van der Waals surface area (Å²) in [6.07, 6.45) is 0. The Morgan fingerprint density at radius 2 is 1.39 bits per heavy atom. The molecule has 0 saturated heterocycles. The van der Waals surface area contributed by atoms with Crippen molar-refractivity contribution in [3.8, 4) is 0 Å². The quantitative estimate of drug-likeness (QED) is 0.356. The number of amides is 1. The Labute approximate surface area is 195 Å². The van der Waals surface area contributed by atoms with Gasteiger partial charge in [-0.15, -0.1) is 0 Å². The molecule has 1 N–H and O–H groups in total. The smallest absolute Gasteiger partial charge is 0.255 e. The number of carbonyl (C=O) groups is 3. The molecular formula is C28H19NO3S. The average molecular weight is 450 g/mol. The van der Waals surface area contributed by atoms with E-state index in [1.54, 1.807) is 48.5 Å². The van der Waals surface area contributed by atoms with Crippen molar-refractivity contribution in [3.63, 3.8) is 0 Å². The van der Waals surface area contributed by atoms with Crippen LogP contribution in [0.25, 0.3) is 0 Å². The minimum absolute atomic E-state index is 0.217. The Hall–Kier alpha value is -3.96. The molecule has 5 rings (SSSR count). The Kier molecular flexibility index (Phi) is 5.40. The maximum absolute atomic E-state index is 13.5. The van der Waals surface area contributed by atoms with Crippen LogP contribution >= 0.6 is 11.8 Å². The highest BCUT2D eigenvalue weighted by Crippen LogP contribution is 2.40. The lowest BCUT2D eigenvalue weighted by atomic mass is 9.83. The second-order valence-electron chi connectivity index (χ2n) is 7.80. The molecule has 0 aliphatic heterocycles. The number of benzene rings is 4. The summed E-state index contributed by atoms with van der Waals surface area (Å²) in [5, 5.41) is 2.87. The lowest BCUT2D eigenvalue weighted by Gasteiger charge is -2.23. The normalized spacial score (nSPS) is 12.2. The monoisotopic (exact) mass is 449 g/mol. The van der Waals surface area contributed by atoms with Crippen LogP contribution in [0.2, 0.25) is 0 Å². The number of rotatable bonds is 4. The van der Waals surface area contributed by atoms with Gasteiger partial charge in [0.1, 0.15) is 0 Å². The summed E-state index contributed by atoms with van der Waals surface area (Å²) in [4.78, 5) is 41.7. The number of anilines is 1. The van der Waals surface area contributed by atoms with E-state index < -0.39 is 0 Å². The van der Waals surface area contributed by atoms with Crippen LogP contribution in [-0.4, -0.2) is 17.5 Å². The molecule has 1 amide bonds. The summed E-state index contributed by atoms with van der Waals surface area (Å²) < 4.78 is 0. The molecular weight excluding hydrogens is 430 g/mol. The first-order valence-electron chi connectivity index (χ1n) is 10.5. The third-order valence-corrected chi connectivity index (χ3v) is 6.61. The van der Waals surface area contributed by atoms with Crippen molar-refractivity contribution in [2.45, 2.75) is 16.7 Å². The number of carbonyl (C=O) groups excluding carboxylic acids is 3. The molecule has 0 heterocycles. The molecule has 33 heavy (non-hydrogen) atoms. The fraction of sp³-hybridized carbons (Fsp3) is 0.0357. The highest BCUT2D eigenvalue weighted by Gasteiger charge is 2.34. The van der Waals surface area contributed by atoms with Crippen LogP contribution in [0.4, 0.5) is 5.69 Å². The lowest BCUT2D eigenvalue weighted by molar-refractivity contribution is 0.0976. The van der Waals surface area contributed by atoms with Crippen LogP contribution in [0.1, 0.15) is 47.8 Å². The Bertz CT molecular complexity index is 1430. The van der Waals surface area contributed by atoms with Crippen LogP contribution in [0, 0.1) is 6.92 Å². The molecule has 0 atom stereocenters. The molecule has 0 spiro atoms. The van der Waals surface area contributed by atoms with E-state index in [2.05, 4.69) is 5.32 Å². The summed E-state index contributed by atoms with van der Waals surface area (Å²) >= 11 is 1.42. The number of ketones is 2. The number of hydrogen-bond donors (Lipinski definition) is 1. The van der Waals surface area contributed by atoms with E-state index in [4.69, 9.17) is 0 Å². The predicted molar refractivity (Wildman–Crippen MR) is 129 cm³/mol. The maximum Gasteiger partial charge on any atom is 0.255 e. The average Bonchev–Trinajstić information content (AvgIpc) is 2.84. The van der Waals surface area contributed by atoms with Crippen molar-refractivity contribution in [2.24, 2.45) is 0 Å². The predicted octanol–water partition coefficient (Wildman–Crippen LogP) is 6.17. The van der Waals surface area contributed by atoms with Crippen molar-refractivity contribution in [3.05, 3.63) is 124 Å². The van der Waals surface area contributed by atoms with Crippen molar-refractivity contribution in [1.82, 2.24) is 0 Å². The minimum atomic E-state index is -0.330. The molecule has 1 aliphatic rings. The molecule has 4 aromatic carbocycles. The van der Waals surface area contributed by atoms with Crippen molar-refractivity contribution in [2.75, 3.05) is 5.32 Å². The van der Waals surface area contributed by atoms with Gasteiger partial charge < -0.3 is 5.32 Å².